The van der Waals surface area contributed by atoms with Gasteiger partial charge in [-0.25, -0.2) is 4.79 Å². The molecule has 1 aliphatic rings. The number of carboxylic acids is 1. The maximum absolute atomic E-state index is 11.0. The average Bonchev–Trinajstić information content (AvgIpc) is 2.80. The summed E-state index contributed by atoms with van der Waals surface area (Å²) in [6, 6.07) is 2.48. The third kappa shape index (κ3) is 3.31. The summed E-state index contributed by atoms with van der Waals surface area (Å²) in [6.07, 6.45) is 3.83. The Morgan fingerprint density at radius 2 is 2.44 bits per heavy atom. The summed E-state index contributed by atoms with van der Waals surface area (Å²) in [5.41, 5.74) is 0.894. The normalized spacial score (nSPS) is 21.1. The van der Waals surface area contributed by atoms with E-state index in [1.807, 2.05) is 11.4 Å². The van der Waals surface area contributed by atoms with Gasteiger partial charge in [0, 0.05) is 19.1 Å². The van der Waals surface area contributed by atoms with Gasteiger partial charge in [0.15, 0.2) is 0 Å². The van der Waals surface area contributed by atoms with Gasteiger partial charge in [0.1, 0.15) is 4.88 Å². The zero-order valence-electron chi connectivity index (χ0n) is 10.7. The molecule has 4 nitrogen and oxygen atoms in total. The molecule has 1 atom stereocenters. The number of carbonyl (C=O) groups is 1. The molecule has 5 heteroatoms. The zero-order valence-corrected chi connectivity index (χ0v) is 11.5. The first-order valence-corrected chi connectivity index (χ1v) is 7.27. The molecule has 0 saturated carbocycles. The van der Waals surface area contributed by atoms with Gasteiger partial charge in [-0.1, -0.05) is 6.42 Å². The molecule has 100 valence electrons. The highest BCUT2D eigenvalue weighted by Gasteiger charge is 2.18. The first-order chi connectivity index (χ1) is 8.68. The van der Waals surface area contributed by atoms with Crippen molar-refractivity contribution < 1.29 is 9.90 Å². The van der Waals surface area contributed by atoms with Crippen LogP contribution in [0.1, 0.15) is 34.5 Å². The van der Waals surface area contributed by atoms with E-state index in [4.69, 9.17) is 5.11 Å². The SMILES string of the molecule is CN1CCCCC1CNCc1ccsc1C(=O)O. The molecule has 1 fully saturated rings. The van der Waals surface area contributed by atoms with E-state index in [9.17, 15) is 4.79 Å². The van der Waals surface area contributed by atoms with Crippen molar-refractivity contribution in [1.29, 1.82) is 0 Å². The van der Waals surface area contributed by atoms with Crippen LogP contribution in [0.5, 0.6) is 0 Å². The summed E-state index contributed by atoms with van der Waals surface area (Å²) in [5.74, 6) is -0.823. The largest absolute Gasteiger partial charge is 0.477 e. The van der Waals surface area contributed by atoms with Crippen LogP contribution in [0.25, 0.3) is 0 Å². The van der Waals surface area contributed by atoms with Crippen LogP contribution in [0.15, 0.2) is 11.4 Å². The fourth-order valence-corrected chi connectivity index (χ4v) is 3.20. The van der Waals surface area contributed by atoms with E-state index in [1.54, 1.807) is 0 Å². The molecular formula is C13H20N2O2S. The van der Waals surface area contributed by atoms with E-state index in [0.717, 1.165) is 12.1 Å². The van der Waals surface area contributed by atoms with Crippen molar-refractivity contribution >= 4 is 17.3 Å². The van der Waals surface area contributed by atoms with E-state index in [-0.39, 0.29) is 0 Å². The van der Waals surface area contributed by atoms with E-state index in [1.165, 1.54) is 37.1 Å². The second-order valence-electron chi connectivity index (χ2n) is 4.84. The van der Waals surface area contributed by atoms with Gasteiger partial charge in [0.05, 0.1) is 0 Å². The quantitative estimate of drug-likeness (QED) is 0.858. The number of piperidine rings is 1. The average molecular weight is 268 g/mol. The lowest BCUT2D eigenvalue weighted by atomic mass is 10.0. The Morgan fingerprint density at radius 3 is 3.17 bits per heavy atom. The van der Waals surface area contributed by atoms with Gasteiger partial charge in [-0.2, -0.15) is 0 Å². The molecule has 0 amide bonds. The lowest BCUT2D eigenvalue weighted by Crippen LogP contribution is -2.42. The summed E-state index contributed by atoms with van der Waals surface area (Å²) in [4.78, 5) is 13.8. The van der Waals surface area contributed by atoms with Gasteiger partial charge < -0.3 is 15.3 Å². The number of nitrogens with zero attached hydrogens (tertiary/aromatic N) is 1. The zero-order chi connectivity index (χ0) is 13.0. The van der Waals surface area contributed by atoms with Gasteiger partial charge in [0.2, 0.25) is 0 Å². The van der Waals surface area contributed by atoms with Crippen LogP contribution < -0.4 is 5.32 Å². The number of nitrogens with one attached hydrogen (secondary N) is 1. The van der Waals surface area contributed by atoms with Gasteiger partial charge in [-0.15, -0.1) is 11.3 Å². The number of rotatable bonds is 5. The predicted octanol–water partition coefficient (Wildman–Crippen LogP) is 2.02. The fraction of sp³-hybridized carbons (Fsp3) is 0.615. The maximum Gasteiger partial charge on any atom is 0.346 e. The molecule has 2 heterocycles. The van der Waals surface area contributed by atoms with Crippen LogP contribution >= 0.6 is 11.3 Å². The summed E-state index contributed by atoms with van der Waals surface area (Å²) in [6.45, 7) is 2.76. The summed E-state index contributed by atoms with van der Waals surface area (Å²) >= 11 is 1.29. The first kappa shape index (κ1) is 13.5. The lowest BCUT2D eigenvalue weighted by molar-refractivity contribution is 0.0701. The standard InChI is InChI=1S/C13H20N2O2S/c1-15-6-3-2-4-11(15)9-14-8-10-5-7-18-12(10)13(16)17/h5,7,11,14H,2-4,6,8-9H2,1H3,(H,16,17). The number of carboxylic acid groups (broad SMARTS) is 1. The molecular weight excluding hydrogens is 248 g/mol. The van der Waals surface area contributed by atoms with Crippen LogP contribution in [0.4, 0.5) is 0 Å². The third-order valence-electron chi connectivity index (χ3n) is 3.56. The van der Waals surface area contributed by atoms with Crippen molar-refractivity contribution in [1.82, 2.24) is 10.2 Å². The minimum absolute atomic E-state index is 0.458. The Balaban J connectivity index is 1.81. The van der Waals surface area contributed by atoms with Crippen molar-refractivity contribution in [3.63, 3.8) is 0 Å². The smallest absolute Gasteiger partial charge is 0.346 e. The molecule has 1 saturated heterocycles. The molecule has 0 aliphatic carbocycles. The van der Waals surface area contributed by atoms with Crippen LogP contribution in [0.2, 0.25) is 0 Å². The van der Waals surface area contributed by atoms with E-state index < -0.39 is 5.97 Å². The van der Waals surface area contributed by atoms with Crippen LogP contribution in [-0.4, -0.2) is 42.2 Å². The molecule has 2 rings (SSSR count). The Hall–Kier alpha value is -0.910. The van der Waals surface area contributed by atoms with Crippen molar-refractivity contribution in [2.45, 2.75) is 31.8 Å². The van der Waals surface area contributed by atoms with Gasteiger partial charge in [0.25, 0.3) is 0 Å². The van der Waals surface area contributed by atoms with Crippen molar-refractivity contribution in [3.05, 3.63) is 21.9 Å². The Labute approximate surface area is 112 Å². The van der Waals surface area contributed by atoms with Crippen LogP contribution in [0, 0.1) is 0 Å². The Kier molecular flexibility index (Phi) is 4.74. The third-order valence-corrected chi connectivity index (χ3v) is 4.50. The molecule has 1 aromatic heterocycles. The van der Waals surface area contributed by atoms with Crippen LogP contribution in [0.3, 0.4) is 0 Å². The number of hydrogen-bond acceptors (Lipinski definition) is 4. The molecule has 1 aliphatic heterocycles. The number of hydrogen-bond donors (Lipinski definition) is 2. The Bertz CT molecular complexity index is 405. The topological polar surface area (TPSA) is 52.6 Å². The van der Waals surface area contributed by atoms with Gasteiger partial charge >= 0.3 is 5.97 Å². The van der Waals surface area contributed by atoms with E-state index >= 15 is 0 Å². The van der Waals surface area contributed by atoms with Crippen molar-refractivity contribution in [2.75, 3.05) is 20.1 Å². The minimum Gasteiger partial charge on any atom is -0.477 e. The predicted molar refractivity (Wildman–Crippen MR) is 73.3 cm³/mol. The highest BCUT2D eigenvalue weighted by Crippen LogP contribution is 2.17. The highest BCUT2D eigenvalue weighted by molar-refractivity contribution is 7.12. The molecule has 1 unspecified atom stereocenters. The lowest BCUT2D eigenvalue weighted by Gasteiger charge is -2.32. The molecule has 2 N–H and O–H groups in total. The summed E-state index contributed by atoms with van der Waals surface area (Å²) < 4.78 is 0. The Morgan fingerprint density at radius 1 is 1.61 bits per heavy atom. The monoisotopic (exact) mass is 268 g/mol. The maximum atomic E-state index is 11.0. The van der Waals surface area contributed by atoms with Gasteiger partial charge in [-0.3, -0.25) is 0 Å². The van der Waals surface area contributed by atoms with Gasteiger partial charge in [-0.05, 0) is 43.4 Å². The molecule has 18 heavy (non-hydrogen) atoms. The first-order valence-electron chi connectivity index (χ1n) is 6.39. The summed E-state index contributed by atoms with van der Waals surface area (Å²) in [7, 11) is 2.17. The summed E-state index contributed by atoms with van der Waals surface area (Å²) in [5, 5.41) is 14.2. The second-order valence-corrected chi connectivity index (χ2v) is 5.76. The fourth-order valence-electron chi connectivity index (χ4n) is 2.44. The van der Waals surface area contributed by atoms with Crippen molar-refractivity contribution in [2.24, 2.45) is 0 Å². The highest BCUT2D eigenvalue weighted by atomic mass is 32.1. The minimum atomic E-state index is -0.823. The van der Waals surface area contributed by atoms with E-state index in [2.05, 4.69) is 17.3 Å². The second kappa shape index (κ2) is 6.31. The molecule has 1 aromatic rings. The van der Waals surface area contributed by atoms with Crippen LogP contribution in [-0.2, 0) is 6.54 Å². The molecule has 0 spiro atoms. The van der Waals surface area contributed by atoms with E-state index in [0.29, 0.717) is 17.5 Å². The molecule has 0 radical (unpaired) electrons. The number of thiophene rings is 1. The number of aromatic carboxylic acids is 1. The number of likely N-dealkylation sites (tertiary alicyclic amines) is 1. The van der Waals surface area contributed by atoms with Crippen molar-refractivity contribution in [3.8, 4) is 0 Å². The molecule has 0 bridgehead atoms. The number of likely N-dealkylation sites (N-methyl/N-ethyl adjacent to an activating group) is 1. The molecule has 0 aromatic carbocycles.